The van der Waals surface area contributed by atoms with E-state index in [-0.39, 0.29) is 6.10 Å². The standard InChI is InChI=1S/C13H14BrNO/c1-2-3-6-15-9-12-8-10-7-11(14)4-5-13(10)16-12/h1,4-5,7,12,15H,3,6,8-9H2. The first-order valence-electron chi connectivity index (χ1n) is 5.39. The van der Waals surface area contributed by atoms with Crippen LogP contribution in [-0.2, 0) is 6.42 Å². The number of rotatable bonds is 4. The van der Waals surface area contributed by atoms with Crippen molar-refractivity contribution in [1.29, 1.82) is 0 Å². The Hall–Kier alpha value is -0.980. The van der Waals surface area contributed by atoms with Crippen LogP contribution >= 0.6 is 15.9 Å². The Bertz CT molecular complexity index is 411. The van der Waals surface area contributed by atoms with Crippen molar-refractivity contribution in [3.8, 4) is 18.1 Å². The van der Waals surface area contributed by atoms with Crippen molar-refractivity contribution in [2.24, 2.45) is 0 Å². The van der Waals surface area contributed by atoms with Gasteiger partial charge in [-0.15, -0.1) is 12.3 Å². The lowest BCUT2D eigenvalue weighted by atomic mass is 10.1. The topological polar surface area (TPSA) is 21.3 Å². The van der Waals surface area contributed by atoms with Crippen LogP contribution in [0.2, 0.25) is 0 Å². The molecule has 1 N–H and O–H groups in total. The summed E-state index contributed by atoms with van der Waals surface area (Å²) in [6, 6.07) is 6.14. The maximum Gasteiger partial charge on any atom is 0.123 e. The molecular weight excluding hydrogens is 266 g/mol. The molecule has 1 heterocycles. The maximum atomic E-state index is 5.81. The van der Waals surface area contributed by atoms with Crippen LogP contribution in [0.3, 0.4) is 0 Å². The third kappa shape index (κ3) is 2.78. The average Bonchev–Trinajstić information content (AvgIpc) is 2.66. The monoisotopic (exact) mass is 279 g/mol. The summed E-state index contributed by atoms with van der Waals surface area (Å²) in [5.41, 5.74) is 1.28. The number of halogens is 1. The summed E-state index contributed by atoms with van der Waals surface area (Å²) in [4.78, 5) is 0. The van der Waals surface area contributed by atoms with E-state index in [4.69, 9.17) is 11.2 Å². The lowest BCUT2D eigenvalue weighted by molar-refractivity contribution is 0.228. The van der Waals surface area contributed by atoms with Gasteiger partial charge in [0, 0.05) is 30.4 Å². The molecule has 0 amide bonds. The summed E-state index contributed by atoms with van der Waals surface area (Å²) >= 11 is 3.46. The highest BCUT2D eigenvalue weighted by atomic mass is 79.9. The molecule has 0 fully saturated rings. The highest BCUT2D eigenvalue weighted by Crippen LogP contribution is 2.30. The minimum absolute atomic E-state index is 0.238. The van der Waals surface area contributed by atoms with E-state index in [2.05, 4.69) is 33.2 Å². The van der Waals surface area contributed by atoms with Crippen molar-refractivity contribution < 1.29 is 4.74 Å². The van der Waals surface area contributed by atoms with E-state index in [1.165, 1.54) is 5.56 Å². The van der Waals surface area contributed by atoms with Gasteiger partial charge in [-0.3, -0.25) is 0 Å². The zero-order chi connectivity index (χ0) is 11.4. The molecule has 0 radical (unpaired) electrons. The summed E-state index contributed by atoms with van der Waals surface area (Å²) in [6.45, 7) is 1.71. The van der Waals surface area contributed by atoms with Crippen LogP contribution in [0.1, 0.15) is 12.0 Å². The molecule has 0 spiro atoms. The minimum atomic E-state index is 0.238. The predicted molar refractivity (Wildman–Crippen MR) is 68.6 cm³/mol. The SMILES string of the molecule is C#CCCNCC1Cc2cc(Br)ccc2O1. The second-order valence-electron chi connectivity index (χ2n) is 3.85. The molecule has 1 aromatic carbocycles. The third-order valence-electron chi connectivity index (χ3n) is 2.58. The number of nitrogens with one attached hydrogen (secondary N) is 1. The van der Waals surface area contributed by atoms with Crippen molar-refractivity contribution in [3.63, 3.8) is 0 Å². The molecule has 0 aliphatic carbocycles. The summed E-state index contributed by atoms with van der Waals surface area (Å²) in [5.74, 6) is 3.61. The first-order valence-corrected chi connectivity index (χ1v) is 6.18. The van der Waals surface area contributed by atoms with Gasteiger partial charge in [-0.25, -0.2) is 0 Å². The van der Waals surface area contributed by atoms with Gasteiger partial charge in [-0.1, -0.05) is 15.9 Å². The number of fused-ring (bicyclic) bond motifs is 1. The fraction of sp³-hybridized carbons (Fsp3) is 0.385. The molecule has 3 heteroatoms. The van der Waals surface area contributed by atoms with E-state index >= 15 is 0 Å². The fourth-order valence-electron chi connectivity index (χ4n) is 1.83. The quantitative estimate of drug-likeness (QED) is 0.675. The Morgan fingerprint density at radius 2 is 2.44 bits per heavy atom. The Morgan fingerprint density at radius 3 is 3.25 bits per heavy atom. The molecule has 0 aromatic heterocycles. The second kappa shape index (κ2) is 5.38. The summed E-state index contributed by atoms with van der Waals surface area (Å²) in [7, 11) is 0. The van der Waals surface area contributed by atoms with Gasteiger partial charge in [-0.05, 0) is 23.8 Å². The molecule has 1 aliphatic rings. The Morgan fingerprint density at radius 1 is 1.56 bits per heavy atom. The van der Waals surface area contributed by atoms with Gasteiger partial charge >= 0.3 is 0 Å². The van der Waals surface area contributed by atoms with Crippen LogP contribution in [0.5, 0.6) is 5.75 Å². The van der Waals surface area contributed by atoms with Crippen LogP contribution in [0.15, 0.2) is 22.7 Å². The molecule has 1 aromatic rings. The van der Waals surface area contributed by atoms with Crippen LogP contribution in [0, 0.1) is 12.3 Å². The molecule has 2 nitrogen and oxygen atoms in total. The van der Waals surface area contributed by atoms with Crippen molar-refractivity contribution >= 4 is 15.9 Å². The van der Waals surface area contributed by atoms with Crippen molar-refractivity contribution in [1.82, 2.24) is 5.32 Å². The van der Waals surface area contributed by atoms with Gasteiger partial charge in [0.05, 0.1) is 0 Å². The van der Waals surface area contributed by atoms with Gasteiger partial charge in [0.25, 0.3) is 0 Å². The molecule has 2 rings (SSSR count). The lowest BCUT2D eigenvalue weighted by Gasteiger charge is -2.10. The molecule has 0 saturated heterocycles. The van der Waals surface area contributed by atoms with Gasteiger partial charge in [0.2, 0.25) is 0 Å². The molecule has 1 atom stereocenters. The largest absolute Gasteiger partial charge is 0.488 e. The second-order valence-corrected chi connectivity index (χ2v) is 4.77. The first kappa shape index (κ1) is 11.5. The molecule has 16 heavy (non-hydrogen) atoms. The van der Waals surface area contributed by atoms with E-state index in [1.807, 2.05) is 12.1 Å². The van der Waals surface area contributed by atoms with Crippen molar-refractivity contribution in [2.75, 3.05) is 13.1 Å². The maximum absolute atomic E-state index is 5.81. The highest BCUT2D eigenvalue weighted by Gasteiger charge is 2.22. The molecule has 1 unspecified atom stereocenters. The van der Waals surface area contributed by atoms with Crippen LogP contribution in [0.4, 0.5) is 0 Å². The summed E-state index contributed by atoms with van der Waals surface area (Å²) < 4.78 is 6.91. The van der Waals surface area contributed by atoms with E-state index in [1.54, 1.807) is 0 Å². The van der Waals surface area contributed by atoms with Crippen LogP contribution < -0.4 is 10.1 Å². The Balaban J connectivity index is 1.84. The molecule has 84 valence electrons. The zero-order valence-corrected chi connectivity index (χ0v) is 10.6. The molecule has 0 saturated carbocycles. The summed E-state index contributed by atoms with van der Waals surface area (Å²) in [6.07, 6.45) is 7.16. The zero-order valence-electron chi connectivity index (χ0n) is 9.00. The van der Waals surface area contributed by atoms with E-state index in [9.17, 15) is 0 Å². The Kier molecular flexibility index (Phi) is 3.87. The number of hydrogen-bond acceptors (Lipinski definition) is 2. The van der Waals surface area contributed by atoms with E-state index < -0.39 is 0 Å². The van der Waals surface area contributed by atoms with Gasteiger partial charge in [0.1, 0.15) is 11.9 Å². The van der Waals surface area contributed by atoms with Gasteiger partial charge in [0.15, 0.2) is 0 Å². The predicted octanol–water partition coefficient (Wildman–Crippen LogP) is 2.37. The average molecular weight is 280 g/mol. The van der Waals surface area contributed by atoms with E-state index in [0.717, 1.165) is 36.2 Å². The number of terminal acetylenes is 1. The minimum Gasteiger partial charge on any atom is -0.488 e. The Labute approximate surface area is 105 Å². The molecule has 1 aliphatic heterocycles. The van der Waals surface area contributed by atoms with Crippen LogP contribution in [0.25, 0.3) is 0 Å². The van der Waals surface area contributed by atoms with Gasteiger partial charge in [-0.2, -0.15) is 0 Å². The normalized spacial score (nSPS) is 17.6. The smallest absolute Gasteiger partial charge is 0.123 e. The fourth-order valence-corrected chi connectivity index (χ4v) is 2.23. The van der Waals surface area contributed by atoms with Gasteiger partial charge < -0.3 is 10.1 Å². The van der Waals surface area contributed by atoms with E-state index in [0.29, 0.717) is 0 Å². The van der Waals surface area contributed by atoms with Crippen molar-refractivity contribution in [3.05, 3.63) is 28.2 Å². The first-order chi connectivity index (χ1) is 7.79. The lowest BCUT2D eigenvalue weighted by Crippen LogP contribution is -2.30. The van der Waals surface area contributed by atoms with Crippen LogP contribution in [-0.4, -0.2) is 19.2 Å². The number of hydrogen-bond donors (Lipinski definition) is 1. The third-order valence-corrected chi connectivity index (χ3v) is 3.08. The highest BCUT2D eigenvalue weighted by molar-refractivity contribution is 9.10. The molecular formula is C13H14BrNO. The number of ether oxygens (including phenoxy) is 1. The number of benzene rings is 1. The summed E-state index contributed by atoms with van der Waals surface area (Å²) in [5, 5.41) is 3.30. The molecule has 0 bridgehead atoms. The van der Waals surface area contributed by atoms with Crippen molar-refractivity contribution in [2.45, 2.75) is 18.9 Å².